The molecule has 0 aliphatic carbocycles. The molecule has 0 saturated heterocycles. The lowest BCUT2D eigenvalue weighted by atomic mass is 10.3. The van der Waals surface area contributed by atoms with Crippen molar-refractivity contribution in [3.05, 3.63) is 30.1 Å². The van der Waals surface area contributed by atoms with Gasteiger partial charge in [-0.05, 0) is 26.8 Å². The van der Waals surface area contributed by atoms with Crippen molar-refractivity contribution in [2.45, 2.75) is 45.2 Å². The average molecular weight is 300 g/mol. The van der Waals surface area contributed by atoms with Crippen LogP contribution in [0, 0.1) is 0 Å². The molecular formula is C14H24N2O3S. The highest BCUT2D eigenvalue weighted by Gasteiger charge is 2.25. The average Bonchev–Trinajstić information content (AvgIpc) is 2.80. The fourth-order valence-electron chi connectivity index (χ4n) is 2.06. The van der Waals surface area contributed by atoms with Gasteiger partial charge >= 0.3 is 0 Å². The molecule has 0 unspecified atom stereocenters. The summed E-state index contributed by atoms with van der Waals surface area (Å²) in [7, 11) is -3.55. The Balaban J connectivity index is 3.24. The third-order valence-corrected chi connectivity index (χ3v) is 4.95. The van der Waals surface area contributed by atoms with E-state index in [1.807, 2.05) is 13.8 Å². The number of nitrogens with zero attached hydrogens (tertiary/aromatic N) is 2. The molecule has 0 amide bonds. The van der Waals surface area contributed by atoms with E-state index in [1.54, 1.807) is 24.6 Å². The first kappa shape index (κ1) is 16.9. The molecule has 114 valence electrons. The van der Waals surface area contributed by atoms with Gasteiger partial charge in [0.1, 0.15) is 4.90 Å². The minimum absolute atomic E-state index is 0.0947. The Morgan fingerprint density at radius 1 is 1.50 bits per heavy atom. The molecule has 1 aromatic heterocycles. The normalized spacial score (nSPS) is 12.3. The molecule has 1 aromatic rings. The summed E-state index contributed by atoms with van der Waals surface area (Å²) in [4.78, 5) is 0.221. The molecule has 0 aliphatic rings. The SMILES string of the molecule is C=C(C)CN(CC)S(=O)(=O)c1cc(CO)n(C(C)C)c1. The summed E-state index contributed by atoms with van der Waals surface area (Å²) in [6.45, 7) is 11.8. The van der Waals surface area contributed by atoms with Crippen LogP contribution in [0.5, 0.6) is 0 Å². The van der Waals surface area contributed by atoms with Crippen molar-refractivity contribution in [1.82, 2.24) is 8.87 Å². The number of likely N-dealkylation sites (N-methyl/N-ethyl adjacent to an activating group) is 1. The highest BCUT2D eigenvalue weighted by Crippen LogP contribution is 2.22. The van der Waals surface area contributed by atoms with Gasteiger partial charge in [0.15, 0.2) is 0 Å². The lowest BCUT2D eigenvalue weighted by molar-refractivity contribution is 0.268. The lowest BCUT2D eigenvalue weighted by Gasteiger charge is -2.19. The van der Waals surface area contributed by atoms with Crippen LogP contribution in [0.2, 0.25) is 0 Å². The fourth-order valence-corrected chi connectivity index (χ4v) is 3.62. The van der Waals surface area contributed by atoms with Gasteiger partial charge in [-0.1, -0.05) is 19.1 Å². The number of sulfonamides is 1. The molecule has 1 N–H and O–H groups in total. The Labute approximate surface area is 121 Å². The summed E-state index contributed by atoms with van der Waals surface area (Å²) in [6, 6.07) is 1.63. The van der Waals surface area contributed by atoms with E-state index in [0.29, 0.717) is 18.8 Å². The highest BCUT2D eigenvalue weighted by atomic mass is 32.2. The Hall–Kier alpha value is -1.11. The third kappa shape index (κ3) is 3.50. The summed E-state index contributed by atoms with van der Waals surface area (Å²) in [5.41, 5.74) is 1.39. The number of aromatic nitrogens is 1. The molecule has 1 heterocycles. The summed E-state index contributed by atoms with van der Waals surface area (Å²) in [5.74, 6) is 0. The molecule has 0 saturated carbocycles. The van der Waals surface area contributed by atoms with Gasteiger partial charge in [0.25, 0.3) is 0 Å². The van der Waals surface area contributed by atoms with E-state index >= 15 is 0 Å². The van der Waals surface area contributed by atoms with Crippen LogP contribution in [0.3, 0.4) is 0 Å². The van der Waals surface area contributed by atoms with Crippen molar-refractivity contribution >= 4 is 10.0 Å². The maximum Gasteiger partial charge on any atom is 0.244 e. The lowest BCUT2D eigenvalue weighted by Crippen LogP contribution is -2.32. The monoisotopic (exact) mass is 300 g/mol. The standard InChI is InChI=1S/C14H24N2O3S/c1-6-15(8-11(2)3)20(18,19)14-7-13(10-17)16(9-14)12(4)5/h7,9,12,17H,2,6,8,10H2,1,3-5H3. The van der Waals surface area contributed by atoms with Gasteiger partial charge in [-0.3, -0.25) is 0 Å². The zero-order valence-electron chi connectivity index (χ0n) is 12.6. The van der Waals surface area contributed by atoms with Crippen molar-refractivity contribution in [3.63, 3.8) is 0 Å². The molecule has 5 nitrogen and oxygen atoms in total. The minimum atomic E-state index is -3.55. The van der Waals surface area contributed by atoms with Crippen LogP contribution in [0.4, 0.5) is 0 Å². The first-order chi connectivity index (χ1) is 9.23. The largest absolute Gasteiger partial charge is 0.390 e. The number of aliphatic hydroxyl groups is 1. The van der Waals surface area contributed by atoms with E-state index in [2.05, 4.69) is 6.58 Å². The quantitative estimate of drug-likeness (QED) is 0.785. The van der Waals surface area contributed by atoms with Crippen molar-refractivity contribution in [2.24, 2.45) is 0 Å². The number of aliphatic hydroxyl groups excluding tert-OH is 1. The molecule has 1 rings (SSSR count). The maximum absolute atomic E-state index is 12.6. The van der Waals surface area contributed by atoms with Crippen LogP contribution in [0.25, 0.3) is 0 Å². The molecule has 0 aromatic carbocycles. The second kappa shape index (κ2) is 6.56. The van der Waals surface area contributed by atoms with Gasteiger partial charge in [0.05, 0.1) is 6.61 Å². The Bertz CT molecular complexity index is 573. The zero-order chi connectivity index (χ0) is 15.5. The summed E-state index contributed by atoms with van der Waals surface area (Å²) < 4.78 is 28.4. The molecule has 0 fully saturated rings. The molecule has 0 aliphatic heterocycles. The van der Waals surface area contributed by atoms with Crippen molar-refractivity contribution < 1.29 is 13.5 Å². The van der Waals surface area contributed by atoms with Gasteiger partial charge in [-0.25, -0.2) is 8.42 Å². The Morgan fingerprint density at radius 3 is 2.45 bits per heavy atom. The van der Waals surface area contributed by atoms with E-state index in [1.165, 1.54) is 10.4 Å². The Morgan fingerprint density at radius 2 is 2.10 bits per heavy atom. The van der Waals surface area contributed by atoms with Crippen LogP contribution < -0.4 is 0 Å². The smallest absolute Gasteiger partial charge is 0.244 e. The van der Waals surface area contributed by atoms with Crippen molar-refractivity contribution in [1.29, 1.82) is 0 Å². The van der Waals surface area contributed by atoms with Gasteiger partial charge in [0, 0.05) is 31.0 Å². The first-order valence-corrected chi connectivity index (χ1v) is 8.14. The first-order valence-electron chi connectivity index (χ1n) is 6.70. The number of hydrogen-bond acceptors (Lipinski definition) is 3. The van der Waals surface area contributed by atoms with Crippen LogP contribution in [0.1, 0.15) is 39.4 Å². The Kier molecular flexibility index (Phi) is 5.56. The molecule has 0 atom stereocenters. The van der Waals surface area contributed by atoms with Gasteiger partial charge < -0.3 is 9.67 Å². The highest BCUT2D eigenvalue weighted by molar-refractivity contribution is 7.89. The summed E-state index contributed by atoms with van der Waals surface area (Å²) >= 11 is 0. The molecular weight excluding hydrogens is 276 g/mol. The van der Waals surface area contributed by atoms with E-state index in [-0.39, 0.29) is 17.5 Å². The zero-order valence-corrected chi connectivity index (χ0v) is 13.4. The fraction of sp³-hybridized carbons (Fsp3) is 0.571. The number of hydrogen-bond donors (Lipinski definition) is 1. The molecule has 0 spiro atoms. The molecule has 6 heteroatoms. The van der Waals surface area contributed by atoms with Crippen LogP contribution >= 0.6 is 0 Å². The van der Waals surface area contributed by atoms with Crippen LogP contribution in [-0.2, 0) is 16.6 Å². The predicted molar refractivity (Wildman–Crippen MR) is 80.0 cm³/mol. The number of rotatable bonds is 7. The van der Waals surface area contributed by atoms with E-state index < -0.39 is 10.0 Å². The van der Waals surface area contributed by atoms with Gasteiger partial charge in [0.2, 0.25) is 10.0 Å². The maximum atomic E-state index is 12.6. The predicted octanol–water partition coefficient (Wildman–Crippen LogP) is 2.15. The van der Waals surface area contributed by atoms with Crippen molar-refractivity contribution in [2.75, 3.05) is 13.1 Å². The topological polar surface area (TPSA) is 62.5 Å². The van der Waals surface area contributed by atoms with E-state index in [9.17, 15) is 13.5 Å². The van der Waals surface area contributed by atoms with Gasteiger partial charge in [-0.15, -0.1) is 0 Å². The van der Waals surface area contributed by atoms with Crippen LogP contribution in [0.15, 0.2) is 29.3 Å². The minimum Gasteiger partial charge on any atom is -0.390 e. The summed E-state index contributed by atoms with van der Waals surface area (Å²) in [6.07, 6.45) is 1.59. The van der Waals surface area contributed by atoms with E-state index in [4.69, 9.17) is 0 Å². The molecule has 0 bridgehead atoms. The summed E-state index contributed by atoms with van der Waals surface area (Å²) in [5, 5.41) is 9.34. The van der Waals surface area contributed by atoms with Crippen molar-refractivity contribution in [3.8, 4) is 0 Å². The third-order valence-electron chi connectivity index (χ3n) is 3.06. The second-order valence-electron chi connectivity index (χ2n) is 5.21. The van der Waals surface area contributed by atoms with E-state index in [0.717, 1.165) is 5.57 Å². The second-order valence-corrected chi connectivity index (χ2v) is 7.15. The van der Waals surface area contributed by atoms with Crippen LogP contribution in [-0.4, -0.2) is 35.5 Å². The molecule has 0 radical (unpaired) electrons. The molecule has 20 heavy (non-hydrogen) atoms. The van der Waals surface area contributed by atoms with Gasteiger partial charge in [-0.2, -0.15) is 4.31 Å².